The number of nitrogens with zero attached hydrogens (tertiary/aromatic N) is 1. The average molecular weight is 392 g/mol. The van der Waals surface area contributed by atoms with E-state index in [0.717, 1.165) is 40.8 Å². The molecule has 28 heavy (non-hydrogen) atoms. The molecule has 0 saturated heterocycles. The first-order chi connectivity index (χ1) is 12.5. The van der Waals surface area contributed by atoms with E-state index in [9.17, 15) is 10.1 Å². The summed E-state index contributed by atoms with van der Waals surface area (Å²) in [6, 6.07) is 0. The number of hydrogen-bond acceptors (Lipinski definition) is 3. The van der Waals surface area contributed by atoms with Gasteiger partial charge in [0.15, 0.2) is 0 Å². The summed E-state index contributed by atoms with van der Waals surface area (Å²) >= 11 is 0. The van der Waals surface area contributed by atoms with Crippen molar-refractivity contribution >= 4 is 5.69 Å². The van der Waals surface area contributed by atoms with E-state index in [1.165, 1.54) is 0 Å². The van der Waals surface area contributed by atoms with Gasteiger partial charge in [-0.2, -0.15) is 0 Å². The Morgan fingerprint density at radius 1 is 0.750 bits per heavy atom. The minimum Gasteiger partial charge on any atom is -0.488 e. The Labute approximate surface area is 172 Å². The smallest absolute Gasteiger partial charge is 0.276 e. The molecule has 0 radical (unpaired) electrons. The lowest BCUT2D eigenvalue weighted by Gasteiger charge is -2.32. The van der Waals surface area contributed by atoms with E-state index in [0.29, 0.717) is 18.5 Å². The quantitative estimate of drug-likeness (QED) is 0.385. The number of benzene rings is 1. The fourth-order valence-corrected chi connectivity index (χ4v) is 3.77. The first-order valence-corrected chi connectivity index (χ1v) is 10.5. The number of ether oxygens (including phenoxy) is 1. The first-order valence-electron chi connectivity index (χ1n) is 10.5. The van der Waals surface area contributed by atoms with Gasteiger partial charge in [0.2, 0.25) is 0 Å². The maximum Gasteiger partial charge on any atom is 0.276 e. The fraction of sp³-hybridized carbons (Fsp3) is 0.750. The molecular formula is C24H41NO3. The van der Waals surface area contributed by atoms with Crippen molar-refractivity contribution in [3.63, 3.8) is 0 Å². The molecule has 1 aromatic rings. The summed E-state index contributed by atoms with van der Waals surface area (Å²) in [5.74, 6) is 0.886. The Bertz CT molecular complexity index is 668. The zero-order valence-corrected chi connectivity index (χ0v) is 20.0. The van der Waals surface area contributed by atoms with Gasteiger partial charge in [0.25, 0.3) is 5.69 Å². The van der Waals surface area contributed by atoms with E-state index in [1.807, 2.05) is 34.6 Å². The number of rotatable bonds is 6. The minimum absolute atomic E-state index is 0.000513. The van der Waals surface area contributed by atoms with Crippen LogP contribution in [0, 0.1) is 20.9 Å². The van der Waals surface area contributed by atoms with E-state index in [1.54, 1.807) is 0 Å². The average Bonchev–Trinajstić information content (AvgIpc) is 2.45. The van der Waals surface area contributed by atoms with Crippen LogP contribution in [0.4, 0.5) is 5.69 Å². The Morgan fingerprint density at radius 2 is 1.11 bits per heavy atom. The summed E-state index contributed by atoms with van der Waals surface area (Å²) in [6.45, 7) is 23.2. The van der Waals surface area contributed by atoms with Crippen LogP contribution in [0.15, 0.2) is 0 Å². The van der Waals surface area contributed by atoms with Crippen LogP contribution in [0.25, 0.3) is 0 Å². The summed E-state index contributed by atoms with van der Waals surface area (Å²) in [5, 5.41) is 12.2. The Hall–Kier alpha value is -1.58. The highest BCUT2D eigenvalue weighted by molar-refractivity contribution is 5.63. The number of nitro groups is 1. The predicted molar refractivity (Wildman–Crippen MR) is 119 cm³/mol. The van der Waals surface area contributed by atoms with Crippen LogP contribution in [0.5, 0.6) is 5.75 Å². The molecule has 0 aromatic heterocycles. The monoisotopic (exact) mass is 391 g/mol. The van der Waals surface area contributed by atoms with Gasteiger partial charge in [-0.3, -0.25) is 10.1 Å². The summed E-state index contributed by atoms with van der Waals surface area (Å²) in [7, 11) is 0. The van der Waals surface area contributed by atoms with E-state index < -0.39 is 0 Å². The van der Waals surface area contributed by atoms with Gasteiger partial charge in [-0.15, -0.1) is 0 Å². The lowest BCUT2D eigenvalue weighted by atomic mass is 9.78. The standard InChI is InChI=1S/C24H41NO3/c1-12-16-18(14-22(3,4)5)21(28-24(9,10)11)19(15-23(6,7)8)17(13-2)20(16)25(26)27/h12-15H2,1-11H3. The fourth-order valence-electron chi connectivity index (χ4n) is 3.77. The lowest BCUT2D eigenvalue weighted by molar-refractivity contribution is -0.386. The maximum atomic E-state index is 12.2. The molecule has 4 heteroatoms. The molecule has 0 saturated carbocycles. The molecule has 0 fully saturated rings. The van der Waals surface area contributed by atoms with Gasteiger partial charge in [0.05, 0.1) is 4.92 Å². The zero-order chi connectivity index (χ0) is 22.1. The van der Waals surface area contributed by atoms with Crippen molar-refractivity contribution in [1.82, 2.24) is 0 Å². The van der Waals surface area contributed by atoms with Gasteiger partial charge in [-0.05, 0) is 57.3 Å². The Morgan fingerprint density at radius 3 is 1.32 bits per heavy atom. The largest absolute Gasteiger partial charge is 0.488 e. The number of nitro benzene ring substituents is 1. The molecule has 1 aromatic carbocycles. The molecule has 0 heterocycles. The zero-order valence-electron chi connectivity index (χ0n) is 20.0. The molecule has 4 nitrogen and oxygen atoms in total. The highest BCUT2D eigenvalue weighted by atomic mass is 16.6. The predicted octanol–water partition coefficient (Wildman–Crippen LogP) is 7.07. The summed E-state index contributed by atoms with van der Waals surface area (Å²) in [4.78, 5) is 12.0. The topological polar surface area (TPSA) is 52.4 Å². The summed E-state index contributed by atoms with van der Waals surface area (Å²) in [5.41, 5.74) is 3.67. The SMILES string of the molecule is CCc1c(CC(C)(C)C)c(OC(C)(C)C)c(CC(C)(C)C)c(CC)c1[N+](=O)[O-]. The summed E-state index contributed by atoms with van der Waals surface area (Å²) < 4.78 is 6.55. The third kappa shape index (κ3) is 6.49. The molecule has 0 amide bonds. The van der Waals surface area contributed by atoms with Crippen LogP contribution >= 0.6 is 0 Å². The van der Waals surface area contributed by atoms with Gasteiger partial charge in [0, 0.05) is 22.3 Å². The Kier molecular flexibility index (Phi) is 7.36. The summed E-state index contributed by atoms with van der Waals surface area (Å²) in [6.07, 6.45) is 2.77. The molecule has 0 aliphatic carbocycles. The van der Waals surface area contributed by atoms with Gasteiger partial charge in [-0.25, -0.2) is 0 Å². The molecule has 0 aliphatic rings. The van der Waals surface area contributed by atoms with Crippen LogP contribution in [0.2, 0.25) is 0 Å². The van der Waals surface area contributed by atoms with E-state index >= 15 is 0 Å². The van der Waals surface area contributed by atoms with Crippen LogP contribution < -0.4 is 4.74 Å². The van der Waals surface area contributed by atoms with Crippen molar-refractivity contribution in [2.24, 2.45) is 10.8 Å². The van der Waals surface area contributed by atoms with Crippen LogP contribution in [0.1, 0.15) is 98.4 Å². The molecular weight excluding hydrogens is 350 g/mol. The van der Waals surface area contributed by atoms with Crippen molar-refractivity contribution in [3.05, 3.63) is 32.4 Å². The first kappa shape index (κ1) is 24.5. The van der Waals surface area contributed by atoms with Crippen LogP contribution in [-0.4, -0.2) is 10.5 Å². The second kappa shape index (κ2) is 8.42. The molecule has 0 bridgehead atoms. The van der Waals surface area contributed by atoms with Gasteiger partial charge < -0.3 is 4.74 Å². The van der Waals surface area contributed by atoms with Crippen LogP contribution in [-0.2, 0) is 25.7 Å². The highest BCUT2D eigenvalue weighted by Crippen LogP contribution is 2.45. The van der Waals surface area contributed by atoms with Crippen molar-refractivity contribution in [2.45, 2.75) is 107 Å². The third-order valence-electron chi connectivity index (χ3n) is 4.56. The molecule has 0 aliphatic heterocycles. The van der Waals surface area contributed by atoms with Crippen LogP contribution in [0.3, 0.4) is 0 Å². The molecule has 1 rings (SSSR count). The van der Waals surface area contributed by atoms with Crippen molar-refractivity contribution in [1.29, 1.82) is 0 Å². The van der Waals surface area contributed by atoms with E-state index in [-0.39, 0.29) is 21.4 Å². The van der Waals surface area contributed by atoms with E-state index in [4.69, 9.17) is 4.74 Å². The molecule has 0 spiro atoms. The van der Waals surface area contributed by atoms with Gasteiger partial charge in [-0.1, -0.05) is 55.4 Å². The molecule has 160 valence electrons. The normalized spacial score (nSPS) is 13.0. The van der Waals surface area contributed by atoms with Crippen molar-refractivity contribution in [2.75, 3.05) is 0 Å². The molecule has 0 unspecified atom stereocenters. The van der Waals surface area contributed by atoms with E-state index in [2.05, 4.69) is 41.5 Å². The second-order valence-corrected chi connectivity index (χ2v) is 11.2. The maximum absolute atomic E-state index is 12.2. The molecule has 0 atom stereocenters. The van der Waals surface area contributed by atoms with Crippen molar-refractivity contribution < 1.29 is 9.66 Å². The third-order valence-corrected chi connectivity index (χ3v) is 4.56. The van der Waals surface area contributed by atoms with Crippen molar-refractivity contribution in [3.8, 4) is 5.75 Å². The second-order valence-electron chi connectivity index (χ2n) is 11.2. The lowest BCUT2D eigenvalue weighted by Crippen LogP contribution is -2.27. The minimum atomic E-state index is -0.370. The number of hydrogen-bond donors (Lipinski definition) is 0. The highest BCUT2D eigenvalue weighted by Gasteiger charge is 2.34. The van der Waals surface area contributed by atoms with Gasteiger partial charge in [0.1, 0.15) is 11.4 Å². The molecule has 0 N–H and O–H groups in total. The Balaban J connectivity index is 4.09. The van der Waals surface area contributed by atoms with Gasteiger partial charge >= 0.3 is 0 Å².